The van der Waals surface area contributed by atoms with E-state index in [1.54, 1.807) is 0 Å². The quantitative estimate of drug-likeness (QED) is 0.285. The lowest BCUT2D eigenvalue weighted by Crippen LogP contribution is -2.30. The minimum Gasteiger partial charge on any atom is -0.444 e. The number of nitrogens with zero attached hydrogens (tertiary/aromatic N) is 2. The maximum absolute atomic E-state index is 13.3. The number of nitrogens with one attached hydrogen (secondary N) is 1. The molecule has 198 valence electrons. The van der Waals surface area contributed by atoms with Crippen LogP contribution < -0.4 is 4.72 Å². The van der Waals surface area contributed by atoms with Crippen molar-refractivity contribution in [1.29, 1.82) is 0 Å². The summed E-state index contributed by atoms with van der Waals surface area (Å²) < 4.78 is 49.1. The van der Waals surface area contributed by atoms with Gasteiger partial charge in [-0.2, -0.15) is 0 Å². The number of carbonyl (C=O) groups excluding carboxylic acids is 1. The Bertz CT molecular complexity index is 1540. The van der Waals surface area contributed by atoms with Gasteiger partial charge < -0.3 is 9.30 Å². The summed E-state index contributed by atoms with van der Waals surface area (Å²) in [5.74, 6) is 0.992. The molecule has 38 heavy (non-hydrogen) atoms. The first-order valence-electron chi connectivity index (χ1n) is 12.4. The van der Waals surface area contributed by atoms with Gasteiger partial charge >= 0.3 is 6.09 Å². The Balaban J connectivity index is 1.37. The van der Waals surface area contributed by atoms with Crippen LogP contribution in [0.4, 0.5) is 9.18 Å². The lowest BCUT2D eigenvalue weighted by molar-refractivity contribution is 0.146. The Kier molecular flexibility index (Phi) is 7.36. The van der Waals surface area contributed by atoms with Crippen LogP contribution in [0.25, 0.3) is 11.1 Å². The molecule has 1 atom stereocenters. The van der Waals surface area contributed by atoms with Crippen LogP contribution in [0.2, 0.25) is 0 Å². The fraction of sp³-hybridized carbons (Fsp3) is 0.286. The first-order valence-corrected chi connectivity index (χ1v) is 14.7. The predicted octanol–water partition coefficient (Wildman–Crippen LogP) is 6.10. The zero-order chi connectivity index (χ0) is 26.9. The summed E-state index contributed by atoms with van der Waals surface area (Å²) in [5, 5.41) is 0. The molecule has 1 aliphatic rings. The molecule has 2 aromatic heterocycles. The molecule has 1 aliphatic heterocycles. The van der Waals surface area contributed by atoms with Gasteiger partial charge in [-0.15, -0.1) is 11.3 Å². The van der Waals surface area contributed by atoms with E-state index in [1.807, 2.05) is 47.4 Å². The van der Waals surface area contributed by atoms with Crippen LogP contribution in [-0.2, 0) is 34.2 Å². The van der Waals surface area contributed by atoms with E-state index in [-0.39, 0.29) is 16.9 Å². The average molecular weight is 554 g/mol. The Labute approximate surface area is 225 Å². The van der Waals surface area contributed by atoms with Crippen LogP contribution in [0.1, 0.15) is 48.1 Å². The number of benzene rings is 2. The monoisotopic (exact) mass is 553 g/mol. The maximum atomic E-state index is 13.3. The van der Waals surface area contributed by atoms with Gasteiger partial charge in [0.05, 0.1) is 6.04 Å². The fourth-order valence-corrected chi connectivity index (χ4v) is 7.52. The number of carbonyl (C=O) groups is 1. The highest BCUT2D eigenvalue weighted by atomic mass is 32.2. The number of ether oxygens (including phenoxy) is 1. The minimum absolute atomic E-state index is 0.0670. The first kappa shape index (κ1) is 26.1. The molecule has 7 nitrogen and oxygen atoms in total. The number of fused-ring (bicyclic) bond motifs is 1. The largest absolute Gasteiger partial charge is 0.444 e. The highest BCUT2D eigenvalue weighted by molar-refractivity contribution is 7.92. The molecule has 0 radical (unpaired) electrons. The topological polar surface area (TPSA) is 90.3 Å². The Morgan fingerprint density at radius 3 is 2.63 bits per heavy atom. The van der Waals surface area contributed by atoms with Crippen molar-refractivity contribution in [3.8, 4) is 11.1 Å². The number of amides is 1. The molecule has 0 fully saturated rings. The zero-order valence-corrected chi connectivity index (χ0v) is 22.7. The van der Waals surface area contributed by atoms with Gasteiger partial charge in [0.2, 0.25) is 0 Å². The number of imidazole rings is 1. The molecule has 10 heteroatoms. The highest BCUT2D eigenvalue weighted by Crippen LogP contribution is 2.38. The second kappa shape index (κ2) is 10.7. The van der Waals surface area contributed by atoms with Gasteiger partial charge in [-0.25, -0.2) is 27.3 Å². The van der Waals surface area contributed by atoms with Crippen LogP contribution in [0.3, 0.4) is 0 Å². The van der Waals surface area contributed by atoms with Gasteiger partial charge in [-0.1, -0.05) is 50.2 Å². The minimum atomic E-state index is -4.20. The van der Waals surface area contributed by atoms with Crippen LogP contribution in [0, 0.1) is 11.7 Å². The SMILES string of the molecule is CC(C)Cc1cc(-c2ccc([C@@H]3CCc4nccn43)cc2)c(S(=O)(=O)NC(=O)OCc2ccc(F)cc2)s1. The number of hydrogen-bond donors (Lipinski definition) is 1. The molecule has 1 N–H and O–H groups in total. The number of halogens is 1. The Hall–Kier alpha value is -3.50. The smallest absolute Gasteiger partial charge is 0.421 e. The molecular weight excluding hydrogens is 525 g/mol. The van der Waals surface area contributed by atoms with Crippen molar-refractivity contribution in [2.45, 2.75) is 50.0 Å². The summed E-state index contributed by atoms with van der Waals surface area (Å²) in [6, 6.07) is 15.4. The third-order valence-electron chi connectivity index (χ3n) is 6.44. The summed E-state index contributed by atoms with van der Waals surface area (Å²) in [6.45, 7) is 3.96. The molecule has 0 unspecified atom stereocenters. The summed E-state index contributed by atoms with van der Waals surface area (Å²) in [5.41, 5.74) is 2.98. The van der Waals surface area contributed by atoms with E-state index < -0.39 is 21.9 Å². The molecule has 0 aliphatic carbocycles. The lowest BCUT2D eigenvalue weighted by atomic mass is 10.0. The second-order valence-corrected chi connectivity index (χ2v) is 12.8. The van der Waals surface area contributed by atoms with E-state index in [2.05, 4.69) is 23.4 Å². The molecule has 0 bridgehead atoms. The molecular formula is C28H28FN3O4S2. The second-order valence-electron chi connectivity index (χ2n) is 9.75. The van der Waals surface area contributed by atoms with E-state index in [1.165, 1.54) is 24.3 Å². The van der Waals surface area contributed by atoms with Crippen LogP contribution >= 0.6 is 11.3 Å². The molecule has 2 aromatic carbocycles. The van der Waals surface area contributed by atoms with E-state index in [4.69, 9.17) is 4.74 Å². The number of thiophene rings is 1. The van der Waals surface area contributed by atoms with Crippen molar-refractivity contribution in [2.24, 2.45) is 5.92 Å². The normalized spacial score (nSPS) is 15.0. The number of sulfonamides is 1. The third-order valence-corrected chi connectivity index (χ3v) is 9.44. The van der Waals surface area contributed by atoms with Crippen LogP contribution in [-0.4, -0.2) is 24.1 Å². The predicted molar refractivity (Wildman–Crippen MR) is 144 cm³/mol. The average Bonchev–Trinajstić information content (AvgIpc) is 3.60. The van der Waals surface area contributed by atoms with Crippen LogP contribution in [0.5, 0.6) is 0 Å². The maximum Gasteiger partial charge on any atom is 0.421 e. The summed E-state index contributed by atoms with van der Waals surface area (Å²) in [6.07, 6.45) is 5.32. The van der Waals surface area contributed by atoms with Gasteiger partial charge in [0.1, 0.15) is 22.5 Å². The molecule has 4 aromatic rings. The van der Waals surface area contributed by atoms with Crippen molar-refractivity contribution in [3.63, 3.8) is 0 Å². The summed E-state index contributed by atoms with van der Waals surface area (Å²) in [4.78, 5) is 17.7. The van der Waals surface area contributed by atoms with Gasteiger partial charge in [0, 0.05) is 29.3 Å². The van der Waals surface area contributed by atoms with Crippen LogP contribution in [0.15, 0.2) is 71.2 Å². The third kappa shape index (κ3) is 5.66. The van der Waals surface area contributed by atoms with E-state index in [0.29, 0.717) is 23.5 Å². The van der Waals surface area contributed by atoms with E-state index in [9.17, 15) is 17.6 Å². The lowest BCUT2D eigenvalue weighted by Gasteiger charge is -2.14. The van der Waals surface area contributed by atoms with Gasteiger partial charge in [0.25, 0.3) is 10.0 Å². The van der Waals surface area contributed by atoms with Crippen molar-refractivity contribution in [3.05, 3.63) is 94.6 Å². The molecule has 0 spiro atoms. The first-order chi connectivity index (χ1) is 18.2. The molecule has 0 saturated heterocycles. The number of rotatable bonds is 8. The number of hydrogen-bond acceptors (Lipinski definition) is 6. The van der Waals surface area contributed by atoms with E-state index in [0.717, 1.165) is 46.0 Å². The zero-order valence-electron chi connectivity index (χ0n) is 21.1. The Morgan fingerprint density at radius 2 is 1.92 bits per heavy atom. The molecule has 1 amide bonds. The summed E-state index contributed by atoms with van der Waals surface area (Å²) >= 11 is 1.16. The van der Waals surface area contributed by atoms with Crippen molar-refractivity contribution in [1.82, 2.24) is 14.3 Å². The summed E-state index contributed by atoms with van der Waals surface area (Å²) in [7, 11) is -4.20. The Morgan fingerprint density at radius 1 is 1.18 bits per heavy atom. The number of aryl methyl sites for hydroxylation is 1. The molecule has 0 saturated carbocycles. The van der Waals surface area contributed by atoms with Crippen molar-refractivity contribution < 1.29 is 22.3 Å². The molecule has 5 rings (SSSR count). The van der Waals surface area contributed by atoms with Gasteiger partial charge in [-0.3, -0.25) is 0 Å². The van der Waals surface area contributed by atoms with Crippen molar-refractivity contribution >= 4 is 27.5 Å². The standard InChI is InChI=1S/C28H28FN3O4S2/c1-18(2)15-23-16-24(20-5-7-21(8-6-20)25-11-12-26-30-13-14-32(25)26)27(37-23)38(34,35)31-28(33)36-17-19-3-9-22(29)10-4-19/h3-10,13-14,16,18,25H,11-12,15,17H2,1-2H3,(H,31,33)/t25-/m0/s1. The van der Waals surface area contributed by atoms with Gasteiger partial charge in [-0.05, 0) is 53.6 Å². The number of aromatic nitrogens is 2. The van der Waals surface area contributed by atoms with E-state index >= 15 is 0 Å². The van der Waals surface area contributed by atoms with Gasteiger partial charge in [0.15, 0.2) is 0 Å². The van der Waals surface area contributed by atoms with Crippen molar-refractivity contribution in [2.75, 3.05) is 0 Å². The highest BCUT2D eigenvalue weighted by Gasteiger charge is 2.27. The fourth-order valence-electron chi connectivity index (χ4n) is 4.68. The molecule has 3 heterocycles.